The number of amides is 1. The van der Waals surface area contributed by atoms with E-state index in [1.807, 2.05) is 30.3 Å². The van der Waals surface area contributed by atoms with Gasteiger partial charge >= 0.3 is 5.97 Å². The Morgan fingerprint density at radius 3 is 2.59 bits per heavy atom. The average molecular weight is 296 g/mol. The number of carbonyl (C=O) groups is 2. The van der Waals surface area contributed by atoms with Crippen LogP contribution in [-0.4, -0.2) is 40.0 Å². The zero-order valence-corrected chi connectivity index (χ0v) is 12.0. The quantitative estimate of drug-likeness (QED) is 0.943. The molecular formula is C17H16N2O3. The van der Waals surface area contributed by atoms with Gasteiger partial charge in [0, 0.05) is 31.0 Å². The molecule has 2 aromatic rings. The molecule has 1 amide bonds. The molecule has 1 N–H and O–H groups in total. The van der Waals surface area contributed by atoms with Gasteiger partial charge in [-0.25, -0.2) is 0 Å². The fourth-order valence-corrected chi connectivity index (χ4v) is 2.67. The standard InChI is InChI=1S/C17H16N2O3/c20-16(19-7-6-13(11-19)17(21)22)15-8-14(9-18-10-15)12-4-2-1-3-5-12/h1-5,8-10,13H,6-7,11H2,(H,21,22)/t13-/m1/s1. The van der Waals surface area contributed by atoms with Crippen molar-refractivity contribution in [3.05, 3.63) is 54.4 Å². The zero-order valence-electron chi connectivity index (χ0n) is 12.0. The van der Waals surface area contributed by atoms with E-state index in [0.29, 0.717) is 18.5 Å². The van der Waals surface area contributed by atoms with Crippen LogP contribution in [0.15, 0.2) is 48.8 Å². The Labute approximate surface area is 128 Å². The summed E-state index contributed by atoms with van der Waals surface area (Å²) >= 11 is 0. The second-order valence-electron chi connectivity index (χ2n) is 5.40. The van der Waals surface area contributed by atoms with Crippen molar-refractivity contribution in [1.82, 2.24) is 9.88 Å². The van der Waals surface area contributed by atoms with Gasteiger partial charge in [-0.2, -0.15) is 0 Å². The van der Waals surface area contributed by atoms with E-state index in [0.717, 1.165) is 11.1 Å². The van der Waals surface area contributed by atoms with E-state index in [1.54, 1.807) is 17.2 Å². The van der Waals surface area contributed by atoms with Crippen molar-refractivity contribution >= 4 is 11.9 Å². The smallest absolute Gasteiger partial charge is 0.308 e. The summed E-state index contributed by atoms with van der Waals surface area (Å²) in [5.74, 6) is -1.46. The highest BCUT2D eigenvalue weighted by Crippen LogP contribution is 2.22. The van der Waals surface area contributed by atoms with Crippen molar-refractivity contribution < 1.29 is 14.7 Å². The maximum absolute atomic E-state index is 12.5. The van der Waals surface area contributed by atoms with E-state index >= 15 is 0 Å². The first-order chi connectivity index (χ1) is 10.6. The number of aliphatic carboxylic acids is 1. The van der Waals surface area contributed by atoms with E-state index in [-0.39, 0.29) is 12.5 Å². The highest BCUT2D eigenvalue weighted by Gasteiger charge is 2.31. The number of aromatic nitrogens is 1. The summed E-state index contributed by atoms with van der Waals surface area (Å²) in [6.45, 7) is 0.745. The second kappa shape index (κ2) is 5.97. The third-order valence-corrected chi connectivity index (χ3v) is 3.92. The van der Waals surface area contributed by atoms with Crippen LogP contribution in [0.1, 0.15) is 16.8 Å². The Kier molecular flexibility index (Phi) is 3.87. The van der Waals surface area contributed by atoms with Gasteiger partial charge in [0.05, 0.1) is 11.5 Å². The van der Waals surface area contributed by atoms with Crippen LogP contribution in [0.5, 0.6) is 0 Å². The van der Waals surface area contributed by atoms with Gasteiger partial charge in [-0.3, -0.25) is 14.6 Å². The number of carboxylic acid groups (broad SMARTS) is 1. The summed E-state index contributed by atoms with van der Waals surface area (Å²) in [6, 6.07) is 11.5. The Morgan fingerprint density at radius 1 is 1.14 bits per heavy atom. The molecule has 0 spiro atoms. The minimum absolute atomic E-state index is 0.158. The van der Waals surface area contributed by atoms with Crippen LogP contribution in [0.3, 0.4) is 0 Å². The highest BCUT2D eigenvalue weighted by atomic mass is 16.4. The molecule has 0 aliphatic carbocycles. The van der Waals surface area contributed by atoms with E-state index in [9.17, 15) is 9.59 Å². The lowest BCUT2D eigenvalue weighted by Gasteiger charge is -2.16. The van der Waals surface area contributed by atoms with Gasteiger partial charge in [-0.05, 0) is 18.1 Å². The Balaban J connectivity index is 1.81. The van der Waals surface area contributed by atoms with Gasteiger partial charge in [0.25, 0.3) is 5.91 Å². The molecule has 1 aromatic heterocycles. The number of benzene rings is 1. The van der Waals surface area contributed by atoms with E-state index in [2.05, 4.69) is 4.98 Å². The number of hydrogen-bond donors (Lipinski definition) is 1. The average Bonchev–Trinajstić information content (AvgIpc) is 3.05. The largest absolute Gasteiger partial charge is 0.481 e. The molecule has 112 valence electrons. The molecule has 1 aromatic carbocycles. The number of hydrogen-bond acceptors (Lipinski definition) is 3. The lowest BCUT2D eigenvalue weighted by molar-refractivity contribution is -0.141. The molecule has 1 atom stereocenters. The Hall–Kier alpha value is -2.69. The van der Waals surface area contributed by atoms with Crippen LogP contribution < -0.4 is 0 Å². The van der Waals surface area contributed by atoms with Crippen LogP contribution in [0.2, 0.25) is 0 Å². The second-order valence-corrected chi connectivity index (χ2v) is 5.40. The van der Waals surface area contributed by atoms with Gasteiger partial charge in [-0.15, -0.1) is 0 Å². The molecule has 0 bridgehead atoms. The SMILES string of the molecule is O=C(O)[C@@H]1CCN(C(=O)c2cncc(-c3ccccc3)c2)C1. The number of likely N-dealkylation sites (tertiary alicyclic amines) is 1. The van der Waals surface area contributed by atoms with E-state index in [4.69, 9.17) is 5.11 Å². The maximum Gasteiger partial charge on any atom is 0.308 e. The molecule has 1 fully saturated rings. The molecule has 3 rings (SSSR count). The highest BCUT2D eigenvalue weighted by molar-refractivity contribution is 5.95. The van der Waals surface area contributed by atoms with E-state index < -0.39 is 11.9 Å². The molecule has 5 nitrogen and oxygen atoms in total. The van der Waals surface area contributed by atoms with Crippen LogP contribution in [0.25, 0.3) is 11.1 Å². The summed E-state index contributed by atoms with van der Waals surface area (Å²) in [4.78, 5) is 29.2. The summed E-state index contributed by atoms with van der Waals surface area (Å²) < 4.78 is 0. The van der Waals surface area contributed by atoms with Gasteiger partial charge in [0.1, 0.15) is 0 Å². The third kappa shape index (κ3) is 2.83. The first kappa shape index (κ1) is 14.3. The molecular weight excluding hydrogens is 280 g/mol. The zero-order chi connectivity index (χ0) is 15.5. The summed E-state index contributed by atoms with van der Waals surface area (Å²) in [5, 5.41) is 9.03. The molecule has 0 saturated carbocycles. The molecule has 0 radical (unpaired) electrons. The van der Waals surface area contributed by atoms with Crippen molar-refractivity contribution in [3.63, 3.8) is 0 Å². The fraction of sp³-hybridized carbons (Fsp3) is 0.235. The lowest BCUT2D eigenvalue weighted by Crippen LogP contribution is -2.30. The molecule has 2 heterocycles. The van der Waals surface area contributed by atoms with Gasteiger partial charge in [0.2, 0.25) is 0 Å². The number of rotatable bonds is 3. The summed E-state index contributed by atoms with van der Waals surface area (Å²) in [6.07, 6.45) is 3.76. The molecule has 1 aliphatic heterocycles. The Morgan fingerprint density at radius 2 is 1.91 bits per heavy atom. The number of carbonyl (C=O) groups excluding carboxylic acids is 1. The molecule has 22 heavy (non-hydrogen) atoms. The molecule has 5 heteroatoms. The Bertz CT molecular complexity index is 700. The number of nitrogens with zero attached hydrogens (tertiary/aromatic N) is 2. The number of pyridine rings is 1. The fourth-order valence-electron chi connectivity index (χ4n) is 2.67. The molecule has 1 saturated heterocycles. The summed E-state index contributed by atoms with van der Waals surface area (Å²) in [5.41, 5.74) is 2.36. The molecule has 1 aliphatic rings. The van der Waals surface area contributed by atoms with Crippen LogP contribution >= 0.6 is 0 Å². The first-order valence-corrected chi connectivity index (χ1v) is 7.17. The van der Waals surface area contributed by atoms with Gasteiger partial charge < -0.3 is 10.0 Å². The maximum atomic E-state index is 12.5. The first-order valence-electron chi connectivity index (χ1n) is 7.17. The monoisotopic (exact) mass is 296 g/mol. The normalized spacial score (nSPS) is 17.5. The topological polar surface area (TPSA) is 70.5 Å². The minimum Gasteiger partial charge on any atom is -0.481 e. The van der Waals surface area contributed by atoms with Gasteiger partial charge in [-0.1, -0.05) is 30.3 Å². The van der Waals surface area contributed by atoms with Crippen molar-refractivity contribution in [3.8, 4) is 11.1 Å². The predicted octanol–water partition coefficient (Wildman–Crippen LogP) is 2.30. The van der Waals surface area contributed by atoms with Crippen molar-refractivity contribution in [2.24, 2.45) is 5.92 Å². The lowest BCUT2D eigenvalue weighted by atomic mass is 10.1. The van der Waals surface area contributed by atoms with Crippen LogP contribution in [-0.2, 0) is 4.79 Å². The summed E-state index contributed by atoms with van der Waals surface area (Å²) in [7, 11) is 0. The van der Waals surface area contributed by atoms with Crippen LogP contribution in [0, 0.1) is 5.92 Å². The van der Waals surface area contributed by atoms with Gasteiger partial charge in [0.15, 0.2) is 0 Å². The van der Waals surface area contributed by atoms with Crippen molar-refractivity contribution in [2.75, 3.05) is 13.1 Å². The van der Waals surface area contributed by atoms with Crippen LogP contribution in [0.4, 0.5) is 0 Å². The third-order valence-electron chi connectivity index (χ3n) is 3.92. The predicted molar refractivity (Wildman–Crippen MR) is 81.3 cm³/mol. The number of carboxylic acids is 1. The molecule has 0 unspecified atom stereocenters. The van der Waals surface area contributed by atoms with E-state index in [1.165, 1.54) is 6.20 Å². The van der Waals surface area contributed by atoms with Crippen molar-refractivity contribution in [1.29, 1.82) is 0 Å². The van der Waals surface area contributed by atoms with Crippen molar-refractivity contribution in [2.45, 2.75) is 6.42 Å². The minimum atomic E-state index is -0.841.